The molecule has 1 aliphatic heterocycles. The highest BCUT2D eigenvalue weighted by atomic mass is 16.5. The number of amides is 1. The normalized spacial score (nSPS) is 12.9. The first-order chi connectivity index (χ1) is 19.1. The quantitative estimate of drug-likeness (QED) is 0.244. The van der Waals surface area contributed by atoms with E-state index in [1.807, 2.05) is 54.6 Å². The molecule has 0 atom stereocenters. The van der Waals surface area contributed by atoms with E-state index in [1.165, 1.54) is 6.08 Å². The summed E-state index contributed by atoms with van der Waals surface area (Å²) < 4.78 is 11.0. The topological polar surface area (TPSA) is 101 Å². The summed E-state index contributed by atoms with van der Waals surface area (Å²) in [5, 5.41) is 9.56. The molecule has 1 amide bonds. The summed E-state index contributed by atoms with van der Waals surface area (Å²) >= 11 is 0. The van der Waals surface area contributed by atoms with Crippen LogP contribution in [0.15, 0.2) is 91.6 Å². The number of nitrogens with zero attached hydrogens (tertiary/aromatic N) is 3. The van der Waals surface area contributed by atoms with Gasteiger partial charge in [-0.05, 0) is 48.5 Å². The molecule has 198 valence electrons. The third kappa shape index (κ3) is 6.52. The molecule has 1 aliphatic rings. The fourth-order valence-corrected chi connectivity index (χ4v) is 4.28. The third-order valence-electron chi connectivity index (χ3n) is 6.19. The van der Waals surface area contributed by atoms with Gasteiger partial charge in [0, 0.05) is 47.5 Å². The van der Waals surface area contributed by atoms with Crippen LogP contribution in [0.2, 0.25) is 0 Å². The number of carbonyl (C=O) groups is 1. The number of para-hydroxylation sites is 1. The van der Waals surface area contributed by atoms with Crippen molar-refractivity contribution in [3.05, 3.63) is 91.6 Å². The molecule has 0 spiro atoms. The highest BCUT2D eigenvalue weighted by Gasteiger charge is 2.15. The van der Waals surface area contributed by atoms with E-state index in [0.717, 1.165) is 48.9 Å². The maximum atomic E-state index is 12.0. The molecule has 0 radical (unpaired) electrons. The maximum absolute atomic E-state index is 12.0. The van der Waals surface area contributed by atoms with Gasteiger partial charge < -0.3 is 30.3 Å². The molecule has 4 aromatic rings. The lowest BCUT2D eigenvalue weighted by atomic mass is 10.1. The number of hydrogen-bond donors (Lipinski definition) is 3. The zero-order valence-corrected chi connectivity index (χ0v) is 21.7. The molecule has 9 nitrogen and oxygen atoms in total. The van der Waals surface area contributed by atoms with Gasteiger partial charge in [-0.15, -0.1) is 0 Å². The van der Waals surface area contributed by atoms with Crippen LogP contribution in [0.5, 0.6) is 5.75 Å². The van der Waals surface area contributed by atoms with Crippen LogP contribution in [0.1, 0.15) is 0 Å². The maximum Gasteiger partial charge on any atom is 0.247 e. The molecule has 5 rings (SSSR count). The third-order valence-corrected chi connectivity index (χ3v) is 6.19. The van der Waals surface area contributed by atoms with Gasteiger partial charge in [-0.2, -0.15) is 0 Å². The number of ether oxygens (including phenoxy) is 2. The van der Waals surface area contributed by atoms with Crippen molar-refractivity contribution in [1.29, 1.82) is 0 Å². The molecule has 1 fully saturated rings. The Kier molecular flexibility index (Phi) is 7.99. The van der Waals surface area contributed by atoms with Gasteiger partial charge in [-0.3, -0.25) is 4.79 Å². The summed E-state index contributed by atoms with van der Waals surface area (Å²) in [5.41, 5.74) is 5.51. The van der Waals surface area contributed by atoms with Gasteiger partial charge in [0.2, 0.25) is 11.9 Å². The lowest BCUT2D eigenvalue weighted by Crippen LogP contribution is -2.36. The van der Waals surface area contributed by atoms with E-state index in [-0.39, 0.29) is 5.91 Å². The van der Waals surface area contributed by atoms with Gasteiger partial charge in [-0.1, -0.05) is 30.8 Å². The number of hydrogen-bond acceptors (Lipinski definition) is 8. The van der Waals surface area contributed by atoms with Crippen LogP contribution in [0.4, 0.5) is 34.4 Å². The van der Waals surface area contributed by atoms with E-state index in [2.05, 4.69) is 44.5 Å². The summed E-state index contributed by atoms with van der Waals surface area (Å²) in [6.07, 6.45) is 2.96. The smallest absolute Gasteiger partial charge is 0.247 e. The first kappa shape index (κ1) is 25.7. The molecular formula is C30H30N6O3. The van der Waals surface area contributed by atoms with Crippen molar-refractivity contribution >= 4 is 40.3 Å². The van der Waals surface area contributed by atoms with Gasteiger partial charge >= 0.3 is 0 Å². The Morgan fingerprint density at radius 1 is 0.974 bits per heavy atom. The molecule has 9 heteroatoms. The molecule has 0 aliphatic carbocycles. The van der Waals surface area contributed by atoms with Crippen LogP contribution < -0.4 is 25.6 Å². The van der Waals surface area contributed by atoms with Crippen molar-refractivity contribution in [2.24, 2.45) is 0 Å². The number of carbonyl (C=O) groups excluding carboxylic acids is 1. The lowest BCUT2D eigenvalue weighted by Gasteiger charge is -2.29. The predicted octanol–water partition coefficient (Wildman–Crippen LogP) is 5.60. The highest BCUT2D eigenvalue weighted by Crippen LogP contribution is 2.34. The zero-order valence-electron chi connectivity index (χ0n) is 21.7. The van der Waals surface area contributed by atoms with Crippen LogP contribution in [0.25, 0.3) is 11.3 Å². The van der Waals surface area contributed by atoms with Gasteiger partial charge in [0.15, 0.2) is 0 Å². The van der Waals surface area contributed by atoms with E-state index in [0.29, 0.717) is 28.8 Å². The highest BCUT2D eigenvalue weighted by molar-refractivity contribution is 5.99. The summed E-state index contributed by atoms with van der Waals surface area (Å²) in [4.78, 5) is 23.8. The Morgan fingerprint density at radius 3 is 2.54 bits per heavy atom. The Morgan fingerprint density at radius 2 is 1.77 bits per heavy atom. The summed E-state index contributed by atoms with van der Waals surface area (Å²) in [6.45, 7) is 6.68. The summed E-state index contributed by atoms with van der Waals surface area (Å²) in [7, 11) is 1.58. The van der Waals surface area contributed by atoms with Crippen molar-refractivity contribution in [2.45, 2.75) is 0 Å². The minimum absolute atomic E-state index is 0.318. The van der Waals surface area contributed by atoms with Crippen LogP contribution in [-0.4, -0.2) is 49.3 Å². The molecule has 1 saturated heterocycles. The monoisotopic (exact) mass is 522 g/mol. The second-order valence-electron chi connectivity index (χ2n) is 8.87. The molecular weight excluding hydrogens is 492 g/mol. The van der Waals surface area contributed by atoms with Gasteiger partial charge in [0.1, 0.15) is 5.75 Å². The van der Waals surface area contributed by atoms with E-state index >= 15 is 0 Å². The molecule has 3 N–H and O–H groups in total. The number of rotatable bonds is 9. The Bertz CT molecular complexity index is 1450. The summed E-state index contributed by atoms with van der Waals surface area (Å²) in [5.74, 6) is 0.688. The SMILES string of the molecule is C=CC(=O)Nc1cc(OC)cc(-c2nc(Nc3cccc(N4CCOCC4)c3)ncc2Nc2ccccc2)c1. The second kappa shape index (κ2) is 12.1. The van der Waals surface area contributed by atoms with E-state index < -0.39 is 0 Å². The second-order valence-corrected chi connectivity index (χ2v) is 8.87. The Labute approximate surface area is 227 Å². The number of anilines is 6. The fraction of sp³-hybridized carbons (Fsp3) is 0.167. The zero-order chi connectivity index (χ0) is 27.0. The Hall–Kier alpha value is -4.89. The molecule has 3 aromatic carbocycles. The summed E-state index contributed by atoms with van der Waals surface area (Å²) in [6, 6.07) is 23.4. The fourth-order valence-electron chi connectivity index (χ4n) is 4.28. The van der Waals surface area contributed by atoms with E-state index in [1.54, 1.807) is 19.4 Å². The molecule has 0 bridgehead atoms. The molecule has 1 aromatic heterocycles. The number of methoxy groups -OCH3 is 1. The average molecular weight is 523 g/mol. The van der Waals surface area contributed by atoms with E-state index in [4.69, 9.17) is 14.5 Å². The number of aromatic nitrogens is 2. The largest absolute Gasteiger partial charge is 0.497 e. The minimum atomic E-state index is -0.318. The number of benzene rings is 3. The van der Waals surface area contributed by atoms with Crippen LogP contribution in [-0.2, 0) is 9.53 Å². The Balaban J connectivity index is 1.51. The van der Waals surface area contributed by atoms with Crippen molar-refractivity contribution in [1.82, 2.24) is 9.97 Å². The number of nitrogens with one attached hydrogen (secondary N) is 3. The minimum Gasteiger partial charge on any atom is -0.497 e. The molecule has 2 heterocycles. The standard InChI is InChI=1S/C30H30N6O3/c1-3-28(37)33-24-16-21(17-26(19-24)38-2)29-27(32-22-8-5-4-6-9-22)20-31-30(35-29)34-23-10-7-11-25(18-23)36-12-14-39-15-13-36/h3-11,16-20,32H,1,12-15H2,2H3,(H,33,37)(H,31,34,35). The first-order valence-corrected chi connectivity index (χ1v) is 12.6. The number of morpholine rings is 1. The van der Waals surface area contributed by atoms with Crippen LogP contribution in [0.3, 0.4) is 0 Å². The van der Waals surface area contributed by atoms with Gasteiger partial charge in [-0.25, -0.2) is 9.97 Å². The predicted molar refractivity (Wildman–Crippen MR) is 155 cm³/mol. The molecule has 0 unspecified atom stereocenters. The van der Waals surface area contributed by atoms with E-state index in [9.17, 15) is 4.79 Å². The van der Waals surface area contributed by atoms with Gasteiger partial charge in [0.25, 0.3) is 0 Å². The van der Waals surface area contributed by atoms with Crippen LogP contribution in [0, 0.1) is 0 Å². The molecule has 39 heavy (non-hydrogen) atoms. The van der Waals surface area contributed by atoms with Crippen molar-refractivity contribution < 1.29 is 14.3 Å². The molecule has 0 saturated carbocycles. The van der Waals surface area contributed by atoms with Crippen molar-refractivity contribution in [2.75, 3.05) is 54.3 Å². The van der Waals surface area contributed by atoms with Gasteiger partial charge in [0.05, 0.1) is 37.9 Å². The van der Waals surface area contributed by atoms with Crippen molar-refractivity contribution in [3.8, 4) is 17.0 Å². The van der Waals surface area contributed by atoms with Crippen LogP contribution >= 0.6 is 0 Å². The van der Waals surface area contributed by atoms with Crippen molar-refractivity contribution in [3.63, 3.8) is 0 Å². The first-order valence-electron chi connectivity index (χ1n) is 12.6. The average Bonchev–Trinajstić information content (AvgIpc) is 2.98. The lowest BCUT2D eigenvalue weighted by molar-refractivity contribution is -0.111.